The van der Waals surface area contributed by atoms with Crippen LogP contribution in [0.3, 0.4) is 0 Å². The van der Waals surface area contributed by atoms with Gasteiger partial charge in [-0.2, -0.15) is 4.98 Å². The van der Waals surface area contributed by atoms with E-state index < -0.39 is 0 Å². The molecule has 3 rings (SSSR count). The smallest absolute Gasteiger partial charge is 0.317 e. The van der Waals surface area contributed by atoms with Gasteiger partial charge in [0, 0.05) is 37.6 Å². The van der Waals surface area contributed by atoms with E-state index in [1.54, 1.807) is 19.6 Å². The molecular weight excluding hydrogens is 344 g/mol. The average Bonchev–Trinajstić information content (AvgIpc) is 3.33. The van der Waals surface area contributed by atoms with Crippen molar-refractivity contribution in [2.75, 3.05) is 13.6 Å². The zero-order valence-electron chi connectivity index (χ0n) is 15.8. The first kappa shape index (κ1) is 18.6. The summed E-state index contributed by atoms with van der Waals surface area (Å²) in [6.07, 6.45) is 6.26. The van der Waals surface area contributed by atoms with Crippen LogP contribution in [0.4, 0.5) is 4.79 Å². The number of carbonyl (C=O) groups is 1. The number of carbonyl (C=O) groups excluding carboxylic acids is 1. The normalized spacial score (nSPS) is 12.0. The molecule has 0 fully saturated rings. The Labute approximate surface area is 158 Å². The third kappa shape index (κ3) is 4.93. The molecule has 27 heavy (non-hydrogen) atoms. The maximum Gasteiger partial charge on any atom is 0.317 e. The number of urea groups is 1. The molecule has 0 aliphatic rings. The Morgan fingerprint density at radius 1 is 1.41 bits per heavy atom. The zero-order valence-corrected chi connectivity index (χ0v) is 15.8. The monoisotopic (exact) mass is 368 g/mol. The molecule has 8 heteroatoms. The summed E-state index contributed by atoms with van der Waals surface area (Å²) in [4.78, 5) is 22.2. The topological polar surface area (TPSA) is 89.1 Å². The number of hydrogen-bond donors (Lipinski definition) is 1. The summed E-state index contributed by atoms with van der Waals surface area (Å²) >= 11 is 0. The molecule has 1 unspecified atom stereocenters. The van der Waals surface area contributed by atoms with Crippen LogP contribution < -0.4 is 5.32 Å². The lowest BCUT2D eigenvalue weighted by molar-refractivity contribution is 0.199. The van der Waals surface area contributed by atoms with Gasteiger partial charge in [0.1, 0.15) is 6.54 Å². The van der Waals surface area contributed by atoms with Gasteiger partial charge in [-0.05, 0) is 26.3 Å². The van der Waals surface area contributed by atoms with Gasteiger partial charge in [0.25, 0.3) is 0 Å². The SMILES string of the molecule is Cc1cccc(-c2noc(CN(C)C(=O)NCCC(C)n3ccnc3)n2)c1. The van der Waals surface area contributed by atoms with Gasteiger partial charge in [0.05, 0.1) is 6.33 Å². The quantitative estimate of drug-likeness (QED) is 0.692. The molecule has 0 saturated carbocycles. The molecule has 0 spiro atoms. The van der Waals surface area contributed by atoms with Gasteiger partial charge in [-0.15, -0.1) is 0 Å². The van der Waals surface area contributed by atoms with Crippen molar-refractivity contribution in [3.8, 4) is 11.4 Å². The minimum Gasteiger partial charge on any atom is -0.338 e. The fourth-order valence-corrected chi connectivity index (χ4v) is 2.70. The molecule has 3 aromatic rings. The highest BCUT2D eigenvalue weighted by molar-refractivity contribution is 5.73. The molecule has 2 heterocycles. The van der Waals surface area contributed by atoms with Crippen molar-refractivity contribution in [3.05, 3.63) is 54.4 Å². The van der Waals surface area contributed by atoms with Crippen LogP contribution >= 0.6 is 0 Å². The fraction of sp³-hybridized carbons (Fsp3) is 0.368. The van der Waals surface area contributed by atoms with E-state index in [9.17, 15) is 4.79 Å². The third-order valence-electron chi connectivity index (χ3n) is 4.34. The van der Waals surface area contributed by atoms with Gasteiger partial charge in [0.2, 0.25) is 11.7 Å². The maximum atomic E-state index is 12.2. The minimum absolute atomic E-state index is 0.178. The molecule has 2 amide bonds. The Kier molecular flexibility index (Phi) is 5.85. The van der Waals surface area contributed by atoms with Crippen molar-refractivity contribution in [1.29, 1.82) is 0 Å². The number of aryl methyl sites for hydroxylation is 1. The summed E-state index contributed by atoms with van der Waals surface area (Å²) in [6, 6.07) is 7.97. The van der Waals surface area contributed by atoms with E-state index in [4.69, 9.17) is 4.52 Å². The number of amides is 2. The Bertz CT molecular complexity index is 874. The van der Waals surface area contributed by atoms with Crippen molar-refractivity contribution in [1.82, 2.24) is 29.9 Å². The van der Waals surface area contributed by atoms with E-state index in [0.29, 0.717) is 18.3 Å². The van der Waals surface area contributed by atoms with E-state index in [2.05, 4.69) is 27.4 Å². The van der Waals surface area contributed by atoms with Gasteiger partial charge < -0.3 is 19.3 Å². The molecule has 0 aliphatic heterocycles. The van der Waals surface area contributed by atoms with Gasteiger partial charge >= 0.3 is 6.03 Å². The molecule has 1 atom stereocenters. The first-order chi connectivity index (χ1) is 13.0. The number of nitrogens with zero attached hydrogens (tertiary/aromatic N) is 5. The lowest BCUT2D eigenvalue weighted by Gasteiger charge is -2.17. The van der Waals surface area contributed by atoms with Crippen LogP contribution in [-0.2, 0) is 6.54 Å². The molecule has 1 N–H and O–H groups in total. The first-order valence-electron chi connectivity index (χ1n) is 8.89. The molecule has 0 saturated heterocycles. The standard InChI is InChI=1S/C19H24N6O2/c1-14-5-4-6-16(11-14)18-22-17(27-23-18)12-24(3)19(26)21-8-7-15(2)25-10-9-20-13-25/h4-6,9-11,13,15H,7-8,12H2,1-3H3,(H,21,26). The van der Waals surface area contributed by atoms with E-state index in [1.807, 2.05) is 42.0 Å². The number of nitrogens with one attached hydrogen (secondary N) is 1. The summed E-state index contributed by atoms with van der Waals surface area (Å²) < 4.78 is 7.29. The van der Waals surface area contributed by atoms with Crippen LogP contribution in [-0.4, -0.2) is 44.2 Å². The number of benzene rings is 1. The van der Waals surface area contributed by atoms with Crippen LogP contribution in [0, 0.1) is 6.92 Å². The highest BCUT2D eigenvalue weighted by Crippen LogP contribution is 2.17. The minimum atomic E-state index is -0.178. The Morgan fingerprint density at radius 3 is 3.00 bits per heavy atom. The summed E-state index contributed by atoms with van der Waals surface area (Å²) in [5, 5.41) is 6.91. The molecule has 0 aliphatic carbocycles. The number of rotatable bonds is 7. The van der Waals surface area contributed by atoms with Crippen molar-refractivity contribution in [2.24, 2.45) is 0 Å². The van der Waals surface area contributed by atoms with E-state index in [1.165, 1.54) is 4.90 Å². The fourth-order valence-electron chi connectivity index (χ4n) is 2.70. The van der Waals surface area contributed by atoms with Gasteiger partial charge in [-0.1, -0.05) is 28.9 Å². The van der Waals surface area contributed by atoms with Crippen LogP contribution in [0.15, 0.2) is 47.5 Å². The third-order valence-corrected chi connectivity index (χ3v) is 4.34. The van der Waals surface area contributed by atoms with Crippen LogP contribution in [0.5, 0.6) is 0 Å². The molecule has 2 aromatic heterocycles. The van der Waals surface area contributed by atoms with E-state index >= 15 is 0 Å². The number of aromatic nitrogens is 4. The van der Waals surface area contributed by atoms with Crippen LogP contribution in [0.2, 0.25) is 0 Å². The second-order valence-electron chi connectivity index (χ2n) is 6.62. The van der Waals surface area contributed by atoms with E-state index in [0.717, 1.165) is 17.5 Å². The molecule has 0 radical (unpaired) electrons. The second kappa shape index (κ2) is 8.48. The summed E-state index contributed by atoms with van der Waals surface area (Å²) in [6.45, 7) is 4.92. The summed E-state index contributed by atoms with van der Waals surface area (Å²) in [5.41, 5.74) is 2.02. The van der Waals surface area contributed by atoms with Crippen molar-refractivity contribution in [2.45, 2.75) is 32.9 Å². The van der Waals surface area contributed by atoms with Crippen molar-refractivity contribution < 1.29 is 9.32 Å². The molecule has 8 nitrogen and oxygen atoms in total. The molecule has 142 valence electrons. The van der Waals surface area contributed by atoms with Gasteiger partial charge in [-0.25, -0.2) is 9.78 Å². The van der Waals surface area contributed by atoms with Crippen molar-refractivity contribution in [3.63, 3.8) is 0 Å². The van der Waals surface area contributed by atoms with Gasteiger partial charge in [-0.3, -0.25) is 0 Å². The van der Waals surface area contributed by atoms with E-state index in [-0.39, 0.29) is 18.6 Å². The molecular formula is C19H24N6O2. The Hall–Kier alpha value is -3.16. The number of hydrogen-bond acceptors (Lipinski definition) is 5. The zero-order chi connectivity index (χ0) is 19.2. The van der Waals surface area contributed by atoms with Crippen molar-refractivity contribution >= 4 is 6.03 Å². The summed E-state index contributed by atoms with van der Waals surface area (Å²) in [5.74, 6) is 0.924. The predicted molar refractivity (Wildman–Crippen MR) is 101 cm³/mol. The van der Waals surface area contributed by atoms with Crippen LogP contribution in [0.25, 0.3) is 11.4 Å². The highest BCUT2D eigenvalue weighted by Gasteiger charge is 2.15. The lowest BCUT2D eigenvalue weighted by Crippen LogP contribution is -2.37. The highest BCUT2D eigenvalue weighted by atomic mass is 16.5. The maximum absolute atomic E-state index is 12.2. The van der Waals surface area contributed by atoms with Crippen LogP contribution in [0.1, 0.15) is 30.8 Å². The Morgan fingerprint density at radius 2 is 2.26 bits per heavy atom. The second-order valence-corrected chi connectivity index (χ2v) is 6.62. The predicted octanol–water partition coefficient (Wildman–Crippen LogP) is 3.03. The number of imidazole rings is 1. The largest absolute Gasteiger partial charge is 0.338 e. The van der Waals surface area contributed by atoms with Gasteiger partial charge in [0.15, 0.2) is 0 Å². The molecule has 1 aromatic carbocycles. The Balaban J connectivity index is 1.48. The average molecular weight is 368 g/mol. The first-order valence-corrected chi connectivity index (χ1v) is 8.89. The molecule has 0 bridgehead atoms. The summed E-state index contributed by atoms with van der Waals surface area (Å²) in [7, 11) is 1.70. The lowest BCUT2D eigenvalue weighted by atomic mass is 10.1.